The number of hydrogen-bond donors (Lipinski definition) is 2. The van der Waals surface area contributed by atoms with E-state index >= 15 is 0 Å². The van der Waals surface area contributed by atoms with Gasteiger partial charge < -0.3 is 10.2 Å². The van der Waals surface area contributed by atoms with Crippen molar-refractivity contribution < 1.29 is 4.79 Å². The predicted molar refractivity (Wildman–Crippen MR) is 95.1 cm³/mol. The second-order valence-corrected chi connectivity index (χ2v) is 6.54. The molecule has 0 aliphatic carbocycles. The monoisotopic (exact) mass is 338 g/mol. The van der Waals surface area contributed by atoms with Crippen molar-refractivity contribution in [3.63, 3.8) is 0 Å². The molecule has 3 aromatic rings. The standard InChI is InChI=1S/C18H22N6O/c1-23-17-3-2-8-24(12-15(17)11-21-23)18(25)19-7-6-13-4-5-14-10-20-22-16(14)9-13/h4-5,9-11H,2-3,6-8,12H2,1H3,(H,19,25)(H,20,22). The lowest BCUT2D eigenvalue weighted by Gasteiger charge is -2.20. The van der Waals surface area contributed by atoms with E-state index in [9.17, 15) is 4.79 Å². The maximum atomic E-state index is 12.5. The van der Waals surface area contributed by atoms with Gasteiger partial charge in [-0.05, 0) is 30.9 Å². The molecule has 130 valence electrons. The normalized spacial score (nSPS) is 14.4. The Morgan fingerprint density at radius 1 is 1.36 bits per heavy atom. The van der Waals surface area contributed by atoms with Gasteiger partial charge in [-0.3, -0.25) is 9.78 Å². The highest BCUT2D eigenvalue weighted by Crippen LogP contribution is 2.18. The van der Waals surface area contributed by atoms with Crippen molar-refractivity contribution in [2.24, 2.45) is 7.05 Å². The van der Waals surface area contributed by atoms with Crippen molar-refractivity contribution in [1.82, 2.24) is 30.2 Å². The van der Waals surface area contributed by atoms with Crippen LogP contribution in [0, 0.1) is 0 Å². The Balaban J connectivity index is 1.34. The van der Waals surface area contributed by atoms with E-state index in [1.54, 1.807) is 0 Å². The predicted octanol–water partition coefficient (Wildman–Crippen LogP) is 2.00. The van der Waals surface area contributed by atoms with Crippen LogP contribution in [0.15, 0.2) is 30.6 Å². The fraction of sp³-hybridized carbons (Fsp3) is 0.389. The lowest BCUT2D eigenvalue weighted by molar-refractivity contribution is 0.196. The van der Waals surface area contributed by atoms with E-state index in [1.165, 1.54) is 11.3 Å². The highest BCUT2D eigenvalue weighted by Gasteiger charge is 2.20. The van der Waals surface area contributed by atoms with E-state index in [-0.39, 0.29) is 6.03 Å². The number of urea groups is 1. The quantitative estimate of drug-likeness (QED) is 0.767. The number of aryl methyl sites for hydroxylation is 1. The number of aromatic amines is 1. The van der Waals surface area contributed by atoms with Gasteiger partial charge in [-0.25, -0.2) is 4.79 Å². The molecule has 7 nitrogen and oxygen atoms in total. The van der Waals surface area contributed by atoms with Gasteiger partial charge in [0.2, 0.25) is 0 Å². The maximum Gasteiger partial charge on any atom is 0.317 e. The third-order valence-corrected chi connectivity index (χ3v) is 4.83. The minimum Gasteiger partial charge on any atom is -0.338 e. The lowest BCUT2D eigenvalue weighted by atomic mass is 10.1. The summed E-state index contributed by atoms with van der Waals surface area (Å²) in [4.78, 5) is 14.4. The summed E-state index contributed by atoms with van der Waals surface area (Å²) in [6, 6.07) is 6.22. The van der Waals surface area contributed by atoms with Gasteiger partial charge in [0.05, 0.1) is 24.5 Å². The van der Waals surface area contributed by atoms with Gasteiger partial charge in [0.15, 0.2) is 0 Å². The number of rotatable bonds is 3. The fourth-order valence-electron chi connectivity index (χ4n) is 3.42. The molecule has 1 aliphatic heterocycles. The summed E-state index contributed by atoms with van der Waals surface area (Å²) in [6.45, 7) is 2.03. The van der Waals surface area contributed by atoms with Gasteiger partial charge in [0, 0.05) is 36.8 Å². The van der Waals surface area contributed by atoms with Crippen molar-refractivity contribution in [2.75, 3.05) is 13.1 Å². The molecule has 3 heterocycles. The van der Waals surface area contributed by atoms with Crippen LogP contribution in [-0.4, -0.2) is 44.0 Å². The number of nitrogens with one attached hydrogen (secondary N) is 2. The third kappa shape index (κ3) is 3.22. The minimum atomic E-state index is -0.000628. The van der Waals surface area contributed by atoms with E-state index in [1.807, 2.05) is 29.0 Å². The molecule has 0 radical (unpaired) electrons. The molecule has 0 spiro atoms. The summed E-state index contributed by atoms with van der Waals surface area (Å²) in [5.74, 6) is 0. The minimum absolute atomic E-state index is 0.000628. The Hall–Kier alpha value is -2.83. The number of fused-ring (bicyclic) bond motifs is 2. The Morgan fingerprint density at radius 3 is 3.20 bits per heavy atom. The van der Waals surface area contributed by atoms with Crippen LogP contribution in [0.1, 0.15) is 23.2 Å². The van der Waals surface area contributed by atoms with E-state index in [0.29, 0.717) is 13.1 Å². The highest BCUT2D eigenvalue weighted by molar-refractivity contribution is 5.78. The molecule has 0 unspecified atom stereocenters. The van der Waals surface area contributed by atoms with Crippen LogP contribution >= 0.6 is 0 Å². The second-order valence-electron chi connectivity index (χ2n) is 6.54. The first-order valence-electron chi connectivity index (χ1n) is 8.65. The van der Waals surface area contributed by atoms with Crippen molar-refractivity contribution in [2.45, 2.75) is 25.8 Å². The largest absolute Gasteiger partial charge is 0.338 e. The summed E-state index contributed by atoms with van der Waals surface area (Å²) in [6.07, 6.45) is 6.43. The number of amides is 2. The number of aromatic nitrogens is 4. The van der Waals surface area contributed by atoms with Crippen molar-refractivity contribution in [3.05, 3.63) is 47.4 Å². The topological polar surface area (TPSA) is 78.8 Å². The zero-order valence-electron chi connectivity index (χ0n) is 14.3. The zero-order chi connectivity index (χ0) is 17.2. The van der Waals surface area contributed by atoms with Crippen LogP contribution in [-0.2, 0) is 26.4 Å². The first-order valence-corrected chi connectivity index (χ1v) is 8.65. The molecule has 1 aliphatic rings. The number of carbonyl (C=O) groups is 1. The summed E-state index contributed by atoms with van der Waals surface area (Å²) in [5.41, 5.74) is 4.60. The molecule has 0 atom stereocenters. The van der Waals surface area contributed by atoms with Crippen LogP contribution in [0.25, 0.3) is 10.9 Å². The Bertz CT molecular complexity index is 896. The summed E-state index contributed by atoms with van der Waals surface area (Å²) < 4.78 is 1.92. The van der Waals surface area contributed by atoms with E-state index < -0.39 is 0 Å². The highest BCUT2D eigenvalue weighted by atomic mass is 16.2. The SMILES string of the molecule is Cn1ncc2c1CCCN(C(=O)NCCc1ccc3cn[nH]c3c1)C2. The lowest BCUT2D eigenvalue weighted by Crippen LogP contribution is -2.40. The number of carbonyl (C=O) groups excluding carboxylic acids is 1. The number of hydrogen-bond acceptors (Lipinski definition) is 3. The molecule has 2 N–H and O–H groups in total. The summed E-state index contributed by atoms with van der Waals surface area (Å²) in [5, 5.41) is 15.5. The Morgan fingerprint density at radius 2 is 2.28 bits per heavy atom. The smallest absolute Gasteiger partial charge is 0.317 e. The van der Waals surface area contributed by atoms with E-state index in [2.05, 4.69) is 38.8 Å². The third-order valence-electron chi connectivity index (χ3n) is 4.83. The van der Waals surface area contributed by atoms with Gasteiger partial charge in [0.25, 0.3) is 0 Å². The number of benzene rings is 1. The second kappa shape index (κ2) is 6.58. The average Bonchev–Trinajstić information content (AvgIpc) is 3.14. The van der Waals surface area contributed by atoms with Crippen molar-refractivity contribution in [3.8, 4) is 0 Å². The van der Waals surface area contributed by atoms with Crippen LogP contribution in [0.2, 0.25) is 0 Å². The molecular formula is C18H22N6O. The molecule has 0 saturated carbocycles. The molecule has 7 heteroatoms. The molecule has 0 saturated heterocycles. The van der Waals surface area contributed by atoms with Gasteiger partial charge in [0.1, 0.15) is 0 Å². The van der Waals surface area contributed by atoms with Gasteiger partial charge in [-0.15, -0.1) is 0 Å². The van der Waals surface area contributed by atoms with Gasteiger partial charge in [-0.1, -0.05) is 12.1 Å². The van der Waals surface area contributed by atoms with Gasteiger partial charge in [-0.2, -0.15) is 10.2 Å². The van der Waals surface area contributed by atoms with Crippen LogP contribution in [0.5, 0.6) is 0 Å². The Kier molecular flexibility index (Phi) is 4.13. The average molecular weight is 338 g/mol. The van der Waals surface area contributed by atoms with Crippen LogP contribution in [0.4, 0.5) is 4.79 Å². The fourth-order valence-corrected chi connectivity index (χ4v) is 3.42. The maximum absolute atomic E-state index is 12.5. The van der Waals surface area contributed by atoms with Gasteiger partial charge >= 0.3 is 6.03 Å². The molecule has 2 amide bonds. The van der Waals surface area contributed by atoms with Crippen molar-refractivity contribution in [1.29, 1.82) is 0 Å². The Labute approximate surface area is 146 Å². The molecule has 0 bridgehead atoms. The van der Waals surface area contributed by atoms with E-state index in [4.69, 9.17) is 0 Å². The van der Waals surface area contributed by atoms with Crippen molar-refractivity contribution >= 4 is 16.9 Å². The molecule has 1 aromatic carbocycles. The van der Waals surface area contributed by atoms with E-state index in [0.717, 1.165) is 42.3 Å². The molecule has 4 rings (SSSR count). The molecule has 0 fully saturated rings. The zero-order valence-corrected chi connectivity index (χ0v) is 14.3. The molecule has 2 aromatic heterocycles. The number of H-pyrrole nitrogens is 1. The number of nitrogens with zero attached hydrogens (tertiary/aromatic N) is 4. The summed E-state index contributed by atoms with van der Waals surface area (Å²) in [7, 11) is 1.96. The van der Waals surface area contributed by atoms with Crippen LogP contribution in [0.3, 0.4) is 0 Å². The molecule has 25 heavy (non-hydrogen) atoms. The molecular weight excluding hydrogens is 316 g/mol. The first-order chi connectivity index (χ1) is 12.2. The first kappa shape index (κ1) is 15.7. The summed E-state index contributed by atoms with van der Waals surface area (Å²) >= 11 is 0. The van der Waals surface area contributed by atoms with Crippen LogP contribution < -0.4 is 5.32 Å².